The molecule has 2 aliphatic rings. The Morgan fingerprint density at radius 2 is 2.05 bits per heavy atom. The van der Waals surface area contributed by atoms with E-state index in [0.717, 1.165) is 43.6 Å². The third-order valence-electron chi connectivity index (χ3n) is 3.79. The van der Waals surface area contributed by atoms with E-state index in [4.69, 9.17) is 0 Å². The number of hydrogen-bond acceptors (Lipinski definition) is 5. The summed E-state index contributed by atoms with van der Waals surface area (Å²) in [6.07, 6.45) is 1.67. The molecule has 0 bridgehead atoms. The molecule has 0 aliphatic carbocycles. The standard InChI is InChI=1S/C15H20N4OS/c1-11-3-4-13(10-16-11)14(20)18-5-7-19(8-6-18)15-17-9-12(2)21-15/h3-4,10,12H,5-9H2,1-2H3/t12-/m1/s1. The summed E-state index contributed by atoms with van der Waals surface area (Å²) in [5.74, 6) is 0.0801. The van der Waals surface area contributed by atoms with Crippen molar-refractivity contribution in [1.29, 1.82) is 0 Å². The number of hydrogen-bond donors (Lipinski definition) is 0. The summed E-state index contributed by atoms with van der Waals surface area (Å²) in [7, 11) is 0. The van der Waals surface area contributed by atoms with E-state index in [1.54, 1.807) is 6.20 Å². The molecule has 21 heavy (non-hydrogen) atoms. The van der Waals surface area contributed by atoms with Crippen molar-refractivity contribution in [2.24, 2.45) is 4.99 Å². The molecule has 2 aliphatic heterocycles. The topological polar surface area (TPSA) is 48.8 Å². The first-order valence-electron chi connectivity index (χ1n) is 7.31. The van der Waals surface area contributed by atoms with Gasteiger partial charge in [0, 0.05) is 43.3 Å². The molecule has 6 heteroatoms. The number of nitrogens with zero attached hydrogens (tertiary/aromatic N) is 4. The highest BCUT2D eigenvalue weighted by Gasteiger charge is 2.27. The van der Waals surface area contributed by atoms with Gasteiger partial charge in [-0.25, -0.2) is 0 Å². The molecule has 0 aromatic carbocycles. The highest BCUT2D eigenvalue weighted by atomic mass is 32.2. The second kappa shape index (κ2) is 6.05. The van der Waals surface area contributed by atoms with Gasteiger partial charge < -0.3 is 9.80 Å². The van der Waals surface area contributed by atoms with Gasteiger partial charge in [0.2, 0.25) is 0 Å². The number of piperazine rings is 1. The minimum absolute atomic E-state index is 0.0801. The van der Waals surface area contributed by atoms with E-state index in [2.05, 4.69) is 21.8 Å². The van der Waals surface area contributed by atoms with E-state index in [1.807, 2.05) is 35.7 Å². The van der Waals surface area contributed by atoms with Crippen LogP contribution in [0.4, 0.5) is 0 Å². The number of pyridine rings is 1. The lowest BCUT2D eigenvalue weighted by molar-refractivity contribution is 0.0693. The minimum Gasteiger partial charge on any atom is -0.348 e. The lowest BCUT2D eigenvalue weighted by Crippen LogP contribution is -2.49. The lowest BCUT2D eigenvalue weighted by atomic mass is 10.2. The second-order valence-electron chi connectivity index (χ2n) is 5.52. The fourth-order valence-electron chi connectivity index (χ4n) is 2.51. The smallest absolute Gasteiger partial charge is 0.255 e. The highest BCUT2D eigenvalue weighted by Crippen LogP contribution is 2.23. The van der Waals surface area contributed by atoms with Crippen LogP contribution < -0.4 is 0 Å². The summed E-state index contributed by atoms with van der Waals surface area (Å²) in [6.45, 7) is 8.27. The zero-order valence-corrected chi connectivity index (χ0v) is 13.3. The maximum absolute atomic E-state index is 12.4. The van der Waals surface area contributed by atoms with Gasteiger partial charge in [-0.1, -0.05) is 18.7 Å². The van der Waals surface area contributed by atoms with Gasteiger partial charge in [0.15, 0.2) is 5.17 Å². The number of amidine groups is 1. The van der Waals surface area contributed by atoms with Gasteiger partial charge >= 0.3 is 0 Å². The molecule has 0 spiro atoms. The molecule has 1 saturated heterocycles. The molecule has 112 valence electrons. The lowest BCUT2D eigenvalue weighted by Gasteiger charge is -2.35. The third kappa shape index (κ3) is 3.20. The Labute approximate surface area is 129 Å². The fourth-order valence-corrected chi connectivity index (χ4v) is 3.50. The van der Waals surface area contributed by atoms with Gasteiger partial charge in [-0.05, 0) is 19.1 Å². The normalized spacial score (nSPS) is 22.4. The number of thioether (sulfide) groups is 1. The van der Waals surface area contributed by atoms with E-state index in [0.29, 0.717) is 10.8 Å². The number of carbonyl (C=O) groups excluding carboxylic acids is 1. The summed E-state index contributed by atoms with van der Waals surface area (Å²) >= 11 is 1.84. The van der Waals surface area contributed by atoms with Crippen LogP contribution in [0.25, 0.3) is 0 Å². The van der Waals surface area contributed by atoms with Crippen LogP contribution in [0.1, 0.15) is 23.0 Å². The number of aryl methyl sites for hydroxylation is 1. The van der Waals surface area contributed by atoms with Crippen LogP contribution in [0.3, 0.4) is 0 Å². The Bertz CT molecular complexity index is 549. The van der Waals surface area contributed by atoms with Crippen molar-refractivity contribution in [3.8, 4) is 0 Å². The summed E-state index contributed by atoms with van der Waals surface area (Å²) in [5.41, 5.74) is 1.61. The second-order valence-corrected chi connectivity index (χ2v) is 6.92. The Morgan fingerprint density at radius 3 is 2.62 bits per heavy atom. The van der Waals surface area contributed by atoms with Crippen molar-refractivity contribution in [2.75, 3.05) is 32.7 Å². The van der Waals surface area contributed by atoms with Crippen LogP contribution in [0.2, 0.25) is 0 Å². The predicted octanol–water partition coefficient (Wildman–Crippen LogP) is 1.64. The van der Waals surface area contributed by atoms with Gasteiger partial charge in [0.05, 0.1) is 12.1 Å². The zero-order valence-electron chi connectivity index (χ0n) is 12.5. The fraction of sp³-hybridized carbons (Fsp3) is 0.533. The first-order chi connectivity index (χ1) is 10.1. The van der Waals surface area contributed by atoms with Crippen LogP contribution in [-0.2, 0) is 0 Å². The van der Waals surface area contributed by atoms with Gasteiger partial charge in [-0.3, -0.25) is 14.8 Å². The molecular weight excluding hydrogens is 284 g/mol. The third-order valence-corrected chi connectivity index (χ3v) is 4.94. The number of aromatic nitrogens is 1. The summed E-state index contributed by atoms with van der Waals surface area (Å²) in [6, 6.07) is 3.74. The summed E-state index contributed by atoms with van der Waals surface area (Å²) in [4.78, 5) is 25.4. The van der Waals surface area contributed by atoms with E-state index < -0.39 is 0 Å². The molecule has 0 N–H and O–H groups in total. The number of aliphatic imine (C=N–C) groups is 1. The van der Waals surface area contributed by atoms with Crippen LogP contribution in [0.5, 0.6) is 0 Å². The maximum Gasteiger partial charge on any atom is 0.255 e. The molecule has 1 amide bonds. The Hall–Kier alpha value is -1.56. The number of rotatable bonds is 1. The van der Waals surface area contributed by atoms with Gasteiger partial charge in [0.25, 0.3) is 5.91 Å². The van der Waals surface area contributed by atoms with Crippen molar-refractivity contribution in [3.63, 3.8) is 0 Å². The van der Waals surface area contributed by atoms with Crippen molar-refractivity contribution >= 4 is 22.8 Å². The zero-order chi connectivity index (χ0) is 14.8. The summed E-state index contributed by atoms with van der Waals surface area (Å²) < 4.78 is 0. The number of carbonyl (C=O) groups is 1. The van der Waals surface area contributed by atoms with Crippen molar-refractivity contribution in [2.45, 2.75) is 19.1 Å². The Morgan fingerprint density at radius 1 is 1.29 bits per heavy atom. The van der Waals surface area contributed by atoms with Crippen molar-refractivity contribution in [3.05, 3.63) is 29.6 Å². The van der Waals surface area contributed by atoms with Crippen LogP contribution in [0.15, 0.2) is 23.3 Å². The first kappa shape index (κ1) is 14.4. The molecule has 0 radical (unpaired) electrons. The quantitative estimate of drug-likeness (QED) is 0.791. The minimum atomic E-state index is 0.0801. The molecule has 0 unspecified atom stereocenters. The number of amides is 1. The molecule has 1 aromatic rings. The predicted molar refractivity (Wildman–Crippen MR) is 85.8 cm³/mol. The van der Waals surface area contributed by atoms with E-state index in [9.17, 15) is 4.79 Å². The monoisotopic (exact) mass is 304 g/mol. The van der Waals surface area contributed by atoms with Gasteiger partial charge in [0.1, 0.15) is 0 Å². The van der Waals surface area contributed by atoms with Crippen molar-refractivity contribution in [1.82, 2.24) is 14.8 Å². The van der Waals surface area contributed by atoms with Gasteiger partial charge in [-0.2, -0.15) is 0 Å². The highest BCUT2D eigenvalue weighted by molar-refractivity contribution is 8.14. The Balaban J connectivity index is 1.58. The van der Waals surface area contributed by atoms with E-state index in [1.165, 1.54) is 0 Å². The average Bonchev–Trinajstić information content (AvgIpc) is 2.94. The van der Waals surface area contributed by atoms with Crippen molar-refractivity contribution < 1.29 is 4.79 Å². The largest absolute Gasteiger partial charge is 0.348 e. The molecule has 5 nitrogen and oxygen atoms in total. The van der Waals surface area contributed by atoms with E-state index in [-0.39, 0.29) is 5.91 Å². The molecule has 3 rings (SSSR count). The molecule has 1 fully saturated rings. The Kier molecular flexibility index (Phi) is 4.14. The summed E-state index contributed by atoms with van der Waals surface area (Å²) in [5, 5.41) is 1.73. The molecule has 0 saturated carbocycles. The average molecular weight is 304 g/mol. The van der Waals surface area contributed by atoms with Crippen LogP contribution in [-0.4, -0.2) is 63.8 Å². The molecule has 1 atom stereocenters. The molecular formula is C15H20N4OS. The van der Waals surface area contributed by atoms with Crippen LogP contribution >= 0.6 is 11.8 Å². The first-order valence-corrected chi connectivity index (χ1v) is 8.19. The van der Waals surface area contributed by atoms with Gasteiger partial charge in [-0.15, -0.1) is 0 Å². The molecule has 1 aromatic heterocycles. The SMILES string of the molecule is Cc1ccc(C(=O)N2CCN(C3=NC[C@@H](C)S3)CC2)cn1. The van der Waals surface area contributed by atoms with E-state index >= 15 is 0 Å². The maximum atomic E-state index is 12.4. The molecule has 3 heterocycles. The van der Waals surface area contributed by atoms with Crippen LogP contribution in [0, 0.1) is 6.92 Å².